The van der Waals surface area contributed by atoms with Crippen molar-refractivity contribution in [1.29, 1.82) is 0 Å². The fourth-order valence-electron chi connectivity index (χ4n) is 2.72. The van der Waals surface area contributed by atoms with E-state index in [1.807, 2.05) is 6.92 Å². The van der Waals surface area contributed by atoms with Gasteiger partial charge in [0.25, 0.3) is 5.91 Å². The van der Waals surface area contributed by atoms with E-state index >= 15 is 0 Å². The molecule has 1 amide bonds. The fraction of sp³-hybridized carbons (Fsp3) is 0.471. The molecule has 0 spiro atoms. The Morgan fingerprint density at radius 1 is 1.48 bits per heavy atom. The predicted molar refractivity (Wildman–Crippen MR) is 79.8 cm³/mol. The average molecular weight is 289 g/mol. The molecule has 0 bridgehead atoms. The second kappa shape index (κ2) is 7.12. The summed E-state index contributed by atoms with van der Waals surface area (Å²) in [6, 6.07) is 3.29. The maximum absolute atomic E-state index is 14.4. The Morgan fingerprint density at radius 3 is 2.81 bits per heavy atom. The van der Waals surface area contributed by atoms with Crippen molar-refractivity contribution >= 4 is 5.91 Å². The molecule has 1 N–H and O–H groups in total. The van der Waals surface area contributed by atoms with Crippen LogP contribution >= 0.6 is 0 Å². The van der Waals surface area contributed by atoms with Crippen LogP contribution in [0.4, 0.5) is 4.39 Å². The second-order valence-electron chi connectivity index (χ2n) is 5.20. The van der Waals surface area contributed by atoms with Crippen molar-refractivity contribution in [1.82, 2.24) is 5.32 Å². The molecule has 21 heavy (non-hydrogen) atoms. The number of amides is 1. The van der Waals surface area contributed by atoms with E-state index in [1.54, 1.807) is 6.07 Å². The number of ether oxygens (including phenoxy) is 1. The molecule has 1 aromatic rings. The summed E-state index contributed by atoms with van der Waals surface area (Å²) in [5.41, 5.74) is 0.759. The quantitative estimate of drug-likeness (QED) is 0.846. The van der Waals surface area contributed by atoms with Gasteiger partial charge in [-0.25, -0.2) is 4.39 Å². The Kier molecular flexibility index (Phi) is 5.21. The van der Waals surface area contributed by atoms with Gasteiger partial charge < -0.3 is 10.1 Å². The summed E-state index contributed by atoms with van der Waals surface area (Å²) in [5, 5.41) is 2.98. The topological polar surface area (TPSA) is 38.3 Å². The number of carbonyl (C=O) groups excluding carboxylic acids is 1. The third-order valence-electron chi connectivity index (χ3n) is 3.81. The van der Waals surface area contributed by atoms with Crippen LogP contribution in [0.1, 0.15) is 48.5 Å². The Labute approximate surface area is 124 Å². The van der Waals surface area contributed by atoms with Crippen molar-refractivity contribution in [3.63, 3.8) is 0 Å². The molecule has 3 nitrogen and oxygen atoms in total. The number of terminal acetylenes is 1. The summed E-state index contributed by atoms with van der Waals surface area (Å²) in [7, 11) is 0. The van der Waals surface area contributed by atoms with Crippen LogP contribution in [0.3, 0.4) is 0 Å². The summed E-state index contributed by atoms with van der Waals surface area (Å²) in [6.07, 6.45) is 9.80. The van der Waals surface area contributed by atoms with E-state index in [-0.39, 0.29) is 24.3 Å². The lowest BCUT2D eigenvalue weighted by Gasteiger charge is -2.15. The van der Waals surface area contributed by atoms with E-state index in [0.717, 1.165) is 25.7 Å². The average Bonchev–Trinajstić information content (AvgIpc) is 2.98. The summed E-state index contributed by atoms with van der Waals surface area (Å²) >= 11 is 0. The highest BCUT2D eigenvalue weighted by molar-refractivity contribution is 5.96. The van der Waals surface area contributed by atoms with Crippen molar-refractivity contribution in [3.05, 3.63) is 29.1 Å². The lowest BCUT2D eigenvalue weighted by atomic mass is 10.0. The lowest BCUT2D eigenvalue weighted by Crippen LogP contribution is -2.33. The number of halogens is 1. The van der Waals surface area contributed by atoms with Gasteiger partial charge in [-0.15, -0.1) is 6.42 Å². The van der Waals surface area contributed by atoms with Crippen LogP contribution < -0.4 is 10.1 Å². The van der Waals surface area contributed by atoms with Crippen LogP contribution in [0, 0.1) is 18.2 Å². The van der Waals surface area contributed by atoms with E-state index in [0.29, 0.717) is 17.5 Å². The number of benzene rings is 1. The number of hydrogen-bond donors (Lipinski definition) is 1. The van der Waals surface area contributed by atoms with Gasteiger partial charge in [0.05, 0.1) is 0 Å². The van der Waals surface area contributed by atoms with Crippen LogP contribution in [0.25, 0.3) is 0 Å². The molecule has 1 aliphatic carbocycles. The fourth-order valence-corrected chi connectivity index (χ4v) is 2.72. The number of rotatable bonds is 5. The maximum Gasteiger partial charge on any atom is 0.251 e. The summed E-state index contributed by atoms with van der Waals surface area (Å²) in [5.74, 6) is 1.70. The minimum absolute atomic E-state index is 0.00763. The lowest BCUT2D eigenvalue weighted by molar-refractivity contribution is 0.0936. The van der Waals surface area contributed by atoms with E-state index in [1.165, 1.54) is 6.07 Å². The monoisotopic (exact) mass is 289 g/mol. The third kappa shape index (κ3) is 3.55. The Balaban J connectivity index is 2.20. The van der Waals surface area contributed by atoms with Gasteiger partial charge in [-0.3, -0.25) is 4.79 Å². The van der Waals surface area contributed by atoms with Gasteiger partial charge in [0.2, 0.25) is 0 Å². The van der Waals surface area contributed by atoms with Gasteiger partial charge in [-0.2, -0.15) is 0 Å². The first-order chi connectivity index (χ1) is 10.2. The zero-order valence-corrected chi connectivity index (χ0v) is 12.2. The molecule has 1 fully saturated rings. The summed E-state index contributed by atoms with van der Waals surface area (Å²) < 4.78 is 19.5. The molecule has 0 saturated heterocycles. The first-order valence-corrected chi connectivity index (χ1v) is 7.35. The van der Waals surface area contributed by atoms with Gasteiger partial charge in [0.15, 0.2) is 11.6 Å². The number of nitrogens with one attached hydrogen (secondary N) is 1. The normalized spacial score (nSPS) is 14.7. The molecule has 0 radical (unpaired) electrons. The molecular weight excluding hydrogens is 269 g/mol. The Bertz CT molecular complexity index is 557. The summed E-state index contributed by atoms with van der Waals surface area (Å²) in [4.78, 5) is 12.3. The molecule has 0 aliphatic heterocycles. The van der Waals surface area contributed by atoms with Crippen molar-refractivity contribution in [2.75, 3.05) is 6.61 Å². The Hall–Kier alpha value is -2.02. The molecule has 0 unspecified atom stereocenters. The van der Waals surface area contributed by atoms with Crippen molar-refractivity contribution in [3.8, 4) is 18.1 Å². The van der Waals surface area contributed by atoms with E-state index in [4.69, 9.17) is 11.2 Å². The van der Waals surface area contributed by atoms with E-state index in [2.05, 4.69) is 11.2 Å². The first kappa shape index (κ1) is 15.4. The maximum atomic E-state index is 14.4. The molecule has 112 valence electrons. The largest absolute Gasteiger partial charge is 0.478 e. The highest BCUT2D eigenvalue weighted by Crippen LogP contribution is 2.25. The van der Waals surface area contributed by atoms with E-state index in [9.17, 15) is 9.18 Å². The second-order valence-corrected chi connectivity index (χ2v) is 5.20. The van der Waals surface area contributed by atoms with Crippen LogP contribution in [-0.2, 0) is 6.42 Å². The van der Waals surface area contributed by atoms with Crippen molar-refractivity contribution in [2.24, 2.45) is 0 Å². The molecule has 1 aliphatic rings. The molecule has 0 aromatic heterocycles. The van der Waals surface area contributed by atoms with Crippen molar-refractivity contribution in [2.45, 2.75) is 45.1 Å². The molecule has 4 heteroatoms. The highest BCUT2D eigenvalue weighted by atomic mass is 19.1. The van der Waals surface area contributed by atoms with Crippen molar-refractivity contribution < 1.29 is 13.9 Å². The number of hydrogen-bond acceptors (Lipinski definition) is 2. The Morgan fingerprint density at radius 2 is 2.19 bits per heavy atom. The molecule has 0 atom stereocenters. The smallest absolute Gasteiger partial charge is 0.251 e. The zero-order valence-electron chi connectivity index (χ0n) is 12.2. The first-order valence-electron chi connectivity index (χ1n) is 7.35. The van der Waals surface area contributed by atoms with Crippen LogP contribution in [0.2, 0.25) is 0 Å². The van der Waals surface area contributed by atoms with Gasteiger partial charge in [0.1, 0.15) is 6.61 Å². The molecule has 1 aromatic carbocycles. The zero-order chi connectivity index (χ0) is 15.2. The van der Waals surface area contributed by atoms with Crippen LogP contribution in [0.15, 0.2) is 12.1 Å². The standard InChI is InChI=1S/C17H20FNO2/c1-3-11-21-15-10-9-14(13(4-2)16(15)18)17(20)19-12-7-5-6-8-12/h1,9-10,12H,4-8,11H2,2H3,(H,19,20). The molecule has 0 heterocycles. The van der Waals surface area contributed by atoms with E-state index < -0.39 is 5.82 Å². The minimum Gasteiger partial charge on any atom is -0.478 e. The van der Waals surface area contributed by atoms with Gasteiger partial charge in [-0.05, 0) is 31.4 Å². The van der Waals surface area contributed by atoms with Crippen LogP contribution in [-0.4, -0.2) is 18.6 Å². The predicted octanol–water partition coefficient (Wildman–Crippen LogP) is 3.07. The molecule has 2 rings (SSSR count). The summed E-state index contributed by atoms with van der Waals surface area (Å²) in [6.45, 7) is 1.82. The molecular formula is C17H20FNO2. The third-order valence-corrected chi connectivity index (χ3v) is 3.81. The van der Waals surface area contributed by atoms with Crippen LogP contribution in [0.5, 0.6) is 5.75 Å². The highest BCUT2D eigenvalue weighted by Gasteiger charge is 2.22. The molecule has 1 saturated carbocycles. The van der Waals surface area contributed by atoms with Gasteiger partial charge >= 0.3 is 0 Å². The van der Waals surface area contributed by atoms with Gasteiger partial charge in [-0.1, -0.05) is 25.7 Å². The van der Waals surface area contributed by atoms with Gasteiger partial charge in [0, 0.05) is 17.2 Å². The number of carbonyl (C=O) groups is 1. The minimum atomic E-state index is -0.494. The SMILES string of the molecule is C#CCOc1ccc(C(=O)NC2CCCC2)c(CC)c1F.